The first-order valence-electron chi connectivity index (χ1n) is 6.83. The normalized spacial score (nSPS) is 12.5. The third-order valence-corrected chi connectivity index (χ3v) is 4.22. The second kappa shape index (κ2) is 8.98. The molecule has 0 fully saturated rings. The Bertz CT molecular complexity index is 396. The van der Waals surface area contributed by atoms with Crippen LogP contribution in [-0.2, 0) is 6.54 Å². The SMILES string of the molecule is CCCCCC(C)NCc1cc(Br)cc(Br)c1OC. The lowest BCUT2D eigenvalue weighted by Gasteiger charge is -2.16. The minimum Gasteiger partial charge on any atom is -0.495 e. The minimum atomic E-state index is 0.536. The highest BCUT2D eigenvalue weighted by molar-refractivity contribution is 9.11. The standard InChI is InChI=1S/C15H23Br2NO/c1-4-5-6-7-11(2)18-10-12-8-13(16)9-14(17)15(12)19-3/h8-9,11,18H,4-7,10H2,1-3H3. The Morgan fingerprint density at radius 1 is 1.26 bits per heavy atom. The van der Waals surface area contributed by atoms with Gasteiger partial charge in [-0.1, -0.05) is 42.1 Å². The molecule has 19 heavy (non-hydrogen) atoms. The third-order valence-electron chi connectivity index (χ3n) is 3.17. The first-order valence-corrected chi connectivity index (χ1v) is 8.42. The van der Waals surface area contributed by atoms with Crippen LogP contribution in [0.4, 0.5) is 0 Å². The first-order chi connectivity index (χ1) is 9.08. The molecule has 1 N–H and O–H groups in total. The lowest BCUT2D eigenvalue weighted by Crippen LogP contribution is -2.25. The van der Waals surface area contributed by atoms with E-state index < -0.39 is 0 Å². The minimum absolute atomic E-state index is 0.536. The molecule has 0 aliphatic carbocycles. The summed E-state index contributed by atoms with van der Waals surface area (Å²) in [6, 6.07) is 4.65. The molecule has 108 valence electrons. The van der Waals surface area contributed by atoms with Crippen molar-refractivity contribution in [1.29, 1.82) is 0 Å². The maximum Gasteiger partial charge on any atom is 0.137 e. The van der Waals surface area contributed by atoms with Gasteiger partial charge in [0.1, 0.15) is 5.75 Å². The molecule has 0 aromatic heterocycles. The summed E-state index contributed by atoms with van der Waals surface area (Å²) in [7, 11) is 1.71. The van der Waals surface area contributed by atoms with Gasteiger partial charge >= 0.3 is 0 Å². The van der Waals surface area contributed by atoms with E-state index in [0.717, 1.165) is 21.2 Å². The fraction of sp³-hybridized carbons (Fsp3) is 0.600. The van der Waals surface area contributed by atoms with Gasteiger partial charge in [0.2, 0.25) is 0 Å². The van der Waals surface area contributed by atoms with Crippen LogP contribution in [0.3, 0.4) is 0 Å². The Morgan fingerprint density at radius 3 is 2.63 bits per heavy atom. The lowest BCUT2D eigenvalue weighted by molar-refractivity contribution is 0.401. The van der Waals surface area contributed by atoms with Crippen molar-refractivity contribution >= 4 is 31.9 Å². The van der Waals surface area contributed by atoms with E-state index in [1.807, 2.05) is 6.07 Å². The highest BCUT2D eigenvalue weighted by Gasteiger charge is 2.10. The fourth-order valence-corrected chi connectivity index (χ4v) is 3.54. The number of unbranched alkanes of at least 4 members (excludes halogenated alkanes) is 2. The van der Waals surface area contributed by atoms with Gasteiger partial charge in [0.05, 0.1) is 11.6 Å². The Hall–Kier alpha value is -0.0600. The van der Waals surface area contributed by atoms with E-state index >= 15 is 0 Å². The number of hydrogen-bond acceptors (Lipinski definition) is 2. The van der Waals surface area contributed by atoms with Crippen LogP contribution in [0.5, 0.6) is 5.75 Å². The van der Waals surface area contributed by atoms with Crippen molar-refractivity contribution in [3.63, 3.8) is 0 Å². The highest BCUT2D eigenvalue weighted by Crippen LogP contribution is 2.32. The van der Waals surface area contributed by atoms with Crippen LogP contribution in [0.25, 0.3) is 0 Å². The zero-order chi connectivity index (χ0) is 14.3. The van der Waals surface area contributed by atoms with Gasteiger partial charge in [-0.3, -0.25) is 0 Å². The molecule has 1 rings (SSSR count). The predicted molar refractivity (Wildman–Crippen MR) is 88.8 cm³/mol. The summed E-state index contributed by atoms with van der Waals surface area (Å²) in [6.45, 7) is 5.31. The topological polar surface area (TPSA) is 21.3 Å². The maximum atomic E-state index is 5.45. The van der Waals surface area contributed by atoms with E-state index in [9.17, 15) is 0 Å². The van der Waals surface area contributed by atoms with Gasteiger partial charge in [-0.2, -0.15) is 0 Å². The molecule has 4 heteroatoms. The van der Waals surface area contributed by atoms with E-state index in [1.54, 1.807) is 7.11 Å². The number of halogens is 2. The summed E-state index contributed by atoms with van der Waals surface area (Å²) >= 11 is 7.05. The van der Waals surface area contributed by atoms with Gasteiger partial charge in [0.25, 0.3) is 0 Å². The summed E-state index contributed by atoms with van der Waals surface area (Å²) < 4.78 is 7.51. The van der Waals surface area contributed by atoms with Crippen LogP contribution in [0, 0.1) is 0 Å². The summed E-state index contributed by atoms with van der Waals surface area (Å²) in [5, 5.41) is 3.57. The summed E-state index contributed by atoms with van der Waals surface area (Å²) in [6.07, 6.45) is 5.12. The van der Waals surface area contributed by atoms with Gasteiger partial charge in [-0.05, 0) is 41.4 Å². The van der Waals surface area contributed by atoms with Gasteiger partial charge in [0.15, 0.2) is 0 Å². The Morgan fingerprint density at radius 2 is 2.00 bits per heavy atom. The van der Waals surface area contributed by atoms with Crippen molar-refractivity contribution < 1.29 is 4.74 Å². The van der Waals surface area contributed by atoms with Crippen molar-refractivity contribution in [1.82, 2.24) is 5.32 Å². The quantitative estimate of drug-likeness (QED) is 0.607. The average Bonchev–Trinajstić information content (AvgIpc) is 2.36. The van der Waals surface area contributed by atoms with Gasteiger partial charge in [0, 0.05) is 22.6 Å². The Balaban J connectivity index is 2.57. The number of methoxy groups -OCH3 is 1. The van der Waals surface area contributed by atoms with Crippen molar-refractivity contribution in [3.05, 3.63) is 26.6 Å². The van der Waals surface area contributed by atoms with E-state index in [1.165, 1.54) is 31.2 Å². The third kappa shape index (κ3) is 5.84. The zero-order valence-corrected chi connectivity index (χ0v) is 15.1. The number of rotatable bonds is 8. The van der Waals surface area contributed by atoms with Crippen molar-refractivity contribution in [2.45, 2.75) is 52.1 Å². The predicted octanol–water partition coefficient (Wildman–Crippen LogP) is 5.28. The summed E-state index contributed by atoms with van der Waals surface area (Å²) in [5.41, 5.74) is 1.17. The molecule has 2 nitrogen and oxygen atoms in total. The van der Waals surface area contributed by atoms with Crippen LogP contribution >= 0.6 is 31.9 Å². The maximum absolute atomic E-state index is 5.45. The van der Waals surface area contributed by atoms with Crippen molar-refractivity contribution in [2.24, 2.45) is 0 Å². The van der Waals surface area contributed by atoms with E-state index in [0.29, 0.717) is 6.04 Å². The fourth-order valence-electron chi connectivity index (χ4n) is 2.06. The van der Waals surface area contributed by atoms with Crippen LogP contribution < -0.4 is 10.1 Å². The molecule has 0 aliphatic heterocycles. The van der Waals surface area contributed by atoms with Crippen LogP contribution in [-0.4, -0.2) is 13.2 Å². The second-order valence-corrected chi connectivity index (χ2v) is 6.63. The van der Waals surface area contributed by atoms with E-state index in [4.69, 9.17) is 4.74 Å². The number of benzene rings is 1. The molecule has 0 saturated heterocycles. The van der Waals surface area contributed by atoms with Gasteiger partial charge < -0.3 is 10.1 Å². The van der Waals surface area contributed by atoms with Crippen molar-refractivity contribution in [2.75, 3.05) is 7.11 Å². The molecular formula is C15H23Br2NO. The molecule has 0 bridgehead atoms. The molecule has 0 amide bonds. The van der Waals surface area contributed by atoms with E-state index in [2.05, 4.69) is 57.1 Å². The summed E-state index contributed by atoms with van der Waals surface area (Å²) in [4.78, 5) is 0. The Labute approximate surface area is 133 Å². The molecular weight excluding hydrogens is 370 g/mol. The van der Waals surface area contributed by atoms with Crippen LogP contribution in [0.15, 0.2) is 21.1 Å². The monoisotopic (exact) mass is 391 g/mol. The number of nitrogens with one attached hydrogen (secondary N) is 1. The molecule has 1 aromatic rings. The highest BCUT2D eigenvalue weighted by atomic mass is 79.9. The molecule has 0 heterocycles. The van der Waals surface area contributed by atoms with Crippen LogP contribution in [0.2, 0.25) is 0 Å². The number of hydrogen-bond donors (Lipinski definition) is 1. The molecule has 0 aliphatic rings. The largest absolute Gasteiger partial charge is 0.495 e. The van der Waals surface area contributed by atoms with Gasteiger partial charge in [-0.15, -0.1) is 0 Å². The molecule has 0 saturated carbocycles. The van der Waals surface area contributed by atoms with E-state index in [-0.39, 0.29) is 0 Å². The lowest BCUT2D eigenvalue weighted by atomic mass is 10.1. The first kappa shape index (κ1) is 17.0. The second-order valence-electron chi connectivity index (χ2n) is 4.86. The molecule has 1 aromatic carbocycles. The molecule has 0 spiro atoms. The average molecular weight is 393 g/mol. The van der Waals surface area contributed by atoms with Crippen LogP contribution in [0.1, 0.15) is 45.1 Å². The van der Waals surface area contributed by atoms with Gasteiger partial charge in [-0.25, -0.2) is 0 Å². The molecule has 0 radical (unpaired) electrons. The number of ether oxygens (including phenoxy) is 1. The smallest absolute Gasteiger partial charge is 0.137 e. The summed E-state index contributed by atoms with van der Waals surface area (Å²) in [5.74, 6) is 0.913. The molecule has 1 unspecified atom stereocenters. The zero-order valence-electron chi connectivity index (χ0n) is 11.9. The van der Waals surface area contributed by atoms with Crippen molar-refractivity contribution in [3.8, 4) is 5.75 Å². The molecule has 1 atom stereocenters. The Kier molecular flexibility index (Phi) is 8.03.